The van der Waals surface area contributed by atoms with Gasteiger partial charge in [-0.1, -0.05) is 42.5 Å². The second-order valence-corrected chi connectivity index (χ2v) is 5.02. The van der Waals surface area contributed by atoms with Gasteiger partial charge in [0.05, 0.1) is 12.5 Å². The highest BCUT2D eigenvalue weighted by molar-refractivity contribution is 5.92. The minimum Gasteiger partial charge on any atom is -0.351 e. The van der Waals surface area contributed by atoms with Crippen LogP contribution >= 0.6 is 0 Å². The fourth-order valence-electron chi connectivity index (χ4n) is 2.08. The summed E-state index contributed by atoms with van der Waals surface area (Å²) in [7, 11) is 0. The van der Waals surface area contributed by atoms with Crippen LogP contribution in [0.5, 0.6) is 0 Å². The summed E-state index contributed by atoms with van der Waals surface area (Å²) in [6, 6.07) is 18.6. The standard InChI is InChI=1S/C18H17N3O2/c19-10-9-17(22)20-13-15-7-4-8-16(11-15)21-18(23)12-14-5-2-1-3-6-14/h1-8,11H,9,12-13H2,(H,20,22)(H,21,23). The van der Waals surface area contributed by atoms with Crippen LogP contribution in [0.2, 0.25) is 0 Å². The van der Waals surface area contributed by atoms with E-state index in [-0.39, 0.29) is 18.2 Å². The van der Waals surface area contributed by atoms with Crippen LogP contribution in [0.15, 0.2) is 54.6 Å². The maximum Gasteiger partial charge on any atom is 0.234 e. The molecule has 0 radical (unpaired) electrons. The SMILES string of the molecule is N#CCC(=O)NCc1cccc(NC(=O)Cc2ccccc2)c1. The van der Waals surface area contributed by atoms with E-state index < -0.39 is 0 Å². The van der Waals surface area contributed by atoms with Gasteiger partial charge < -0.3 is 10.6 Å². The molecule has 116 valence electrons. The monoisotopic (exact) mass is 307 g/mol. The van der Waals surface area contributed by atoms with Gasteiger partial charge in [0, 0.05) is 12.2 Å². The molecule has 2 amide bonds. The lowest BCUT2D eigenvalue weighted by Crippen LogP contribution is -2.22. The van der Waals surface area contributed by atoms with E-state index in [2.05, 4.69) is 10.6 Å². The van der Waals surface area contributed by atoms with Crippen LogP contribution < -0.4 is 10.6 Å². The molecule has 23 heavy (non-hydrogen) atoms. The molecule has 0 atom stereocenters. The predicted molar refractivity (Wildman–Crippen MR) is 87.3 cm³/mol. The van der Waals surface area contributed by atoms with E-state index in [1.165, 1.54) is 0 Å². The molecule has 0 aliphatic rings. The lowest BCUT2D eigenvalue weighted by molar-refractivity contribution is -0.120. The number of amides is 2. The van der Waals surface area contributed by atoms with Gasteiger partial charge in [-0.05, 0) is 23.3 Å². The lowest BCUT2D eigenvalue weighted by Gasteiger charge is -2.08. The van der Waals surface area contributed by atoms with E-state index in [4.69, 9.17) is 5.26 Å². The topological polar surface area (TPSA) is 82.0 Å². The Labute approximate surface area is 134 Å². The predicted octanol–water partition coefficient (Wildman–Crippen LogP) is 2.40. The van der Waals surface area contributed by atoms with Gasteiger partial charge >= 0.3 is 0 Å². The van der Waals surface area contributed by atoms with Gasteiger partial charge in [0.25, 0.3) is 0 Å². The van der Waals surface area contributed by atoms with Crippen molar-refractivity contribution < 1.29 is 9.59 Å². The third-order valence-electron chi connectivity index (χ3n) is 3.15. The lowest BCUT2D eigenvalue weighted by atomic mass is 10.1. The van der Waals surface area contributed by atoms with Gasteiger partial charge in [-0.15, -0.1) is 0 Å². The summed E-state index contributed by atoms with van der Waals surface area (Å²) in [5.41, 5.74) is 2.48. The molecule has 0 saturated carbocycles. The molecule has 5 heteroatoms. The Bertz CT molecular complexity index is 721. The quantitative estimate of drug-likeness (QED) is 0.859. The summed E-state index contributed by atoms with van der Waals surface area (Å²) in [6.45, 7) is 0.322. The largest absolute Gasteiger partial charge is 0.351 e. The highest BCUT2D eigenvalue weighted by Gasteiger charge is 2.05. The number of nitrogens with zero attached hydrogens (tertiary/aromatic N) is 1. The molecule has 0 heterocycles. The summed E-state index contributed by atoms with van der Waals surface area (Å²) in [5.74, 6) is -0.409. The van der Waals surface area contributed by atoms with Crippen molar-refractivity contribution in [1.29, 1.82) is 5.26 Å². The average Bonchev–Trinajstić information content (AvgIpc) is 2.54. The van der Waals surface area contributed by atoms with Gasteiger partial charge in [-0.2, -0.15) is 5.26 Å². The normalized spacial score (nSPS) is 9.70. The first-order valence-corrected chi connectivity index (χ1v) is 7.24. The molecule has 5 nitrogen and oxygen atoms in total. The molecule has 0 saturated heterocycles. The fourth-order valence-corrected chi connectivity index (χ4v) is 2.08. The van der Waals surface area contributed by atoms with E-state index >= 15 is 0 Å². The maximum atomic E-state index is 12.0. The highest BCUT2D eigenvalue weighted by atomic mass is 16.2. The zero-order valence-electron chi connectivity index (χ0n) is 12.6. The van der Waals surface area contributed by atoms with Crippen molar-refractivity contribution in [1.82, 2.24) is 5.32 Å². The summed E-state index contributed by atoms with van der Waals surface area (Å²) >= 11 is 0. The van der Waals surface area contributed by atoms with Gasteiger partial charge in [0.15, 0.2) is 0 Å². The third kappa shape index (κ3) is 5.64. The van der Waals surface area contributed by atoms with Crippen LogP contribution in [0.25, 0.3) is 0 Å². The molecule has 0 unspecified atom stereocenters. The van der Waals surface area contributed by atoms with Crippen molar-refractivity contribution in [3.8, 4) is 6.07 Å². The van der Waals surface area contributed by atoms with E-state index in [1.54, 1.807) is 18.2 Å². The summed E-state index contributed by atoms with van der Waals surface area (Å²) < 4.78 is 0. The second-order valence-electron chi connectivity index (χ2n) is 5.02. The average molecular weight is 307 g/mol. The molecule has 0 aromatic heterocycles. The minimum absolute atomic E-state index is 0.0955. The highest BCUT2D eigenvalue weighted by Crippen LogP contribution is 2.11. The molecule has 0 bridgehead atoms. The number of benzene rings is 2. The number of anilines is 1. The first kappa shape index (κ1) is 16.2. The number of rotatable bonds is 6. The molecular formula is C18H17N3O2. The Balaban J connectivity index is 1.90. The number of carbonyl (C=O) groups excluding carboxylic acids is 2. The Morgan fingerprint density at radius 3 is 2.43 bits per heavy atom. The first-order valence-electron chi connectivity index (χ1n) is 7.24. The molecule has 0 aliphatic heterocycles. The molecule has 2 aromatic carbocycles. The molecule has 0 spiro atoms. The van der Waals surface area contributed by atoms with Crippen molar-refractivity contribution >= 4 is 17.5 Å². The summed E-state index contributed by atoms with van der Waals surface area (Å²) in [6.07, 6.45) is 0.150. The van der Waals surface area contributed by atoms with E-state index in [1.807, 2.05) is 42.5 Å². The van der Waals surface area contributed by atoms with Crippen LogP contribution in [0.3, 0.4) is 0 Å². The zero-order valence-corrected chi connectivity index (χ0v) is 12.6. The van der Waals surface area contributed by atoms with Crippen molar-refractivity contribution in [2.24, 2.45) is 0 Å². The van der Waals surface area contributed by atoms with E-state index in [0.717, 1.165) is 11.1 Å². The summed E-state index contributed by atoms with van der Waals surface area (Å²) in [5, 5.41) is 13.9. The molecule has 0 fully saturated rings. The third-order valence-corrected chi connectivity index (χ3v) is 3.15. The van der Waals surface area contributed by atoms with Crippen LogP contribution in [-0.2, 0) is 22.6 Å². The first-order chi connectivity index (χ1) is 11.2. The maximum absolute atomic E-state index is 12.0. The Morgan fingerprint density at radius 1 is 0.957 bits per heavy atom. The molecule has 0 aliphatic carbocycles. The van der Waals surface area contributed by atoms with Gasteiger partial charge in [0.1, 0.15) is 6.42 Å². The van der Waals surface area contributed by atoms with Crippen LogP contribution in [0, 0.1) is 11.3 Å². The fraction of sp³-hybridized carbons (Fsp3) is 0.167. The smallest absolute Gasteiger partial charge is 0.234 e. The van der Waals surface area contributed by atoms with Gasteiger partial charge in [-0.25, -0.2) is 0 Å². The van der Waals surface area contributed by atoms with Crippen LogP contribution in [-0.4, -0.2) is 11.8 Å². The van der Waals surface area contributed by atoms with E-state index in [0.29, 0.717) is 18.7 Å². The van der Waals surface area contributed by atoms with Crippen molar-refractivity contribution in [2.75, 3.05) is 5.32 Å². The molecule has 2 aromatic rings. The van der Waals surface area contributed by atoms with Crippen LogP contribution in [0.1, 0.15) is 17.5 Å². The Morgan fingerprint density at radius 2 is 1.70 bits per heavy atom. The number of nitrogens with one attached hydrogen (secondary N) is 2. The number of hydrogen-bond acceptors (Lipinski definition) is 3. The van der Waals surface area contributed by atoms with Crippen molar-refractivity contribution in [2.45, 2.75) is 19.4 Å². The zero-order chi connectivity index (χ0) is 16.5. The number of hydrogen-bond donors (Lipinski definition) is 2. The molecular weight excluding hydrogens is 290 g/mol. The van der Waals surface area contributed by atoms with Gasteiger partial charge in [0.2, 0.25) is 11.8 Å². The second kappa shape index (κ2) is 8.35. The van der Waals surface area contributed by atoms with Gasteiger partial charge in [-0.3, -0.25) is 9.59 Å². The number of carbonyl (C=O) groups is 2. The molecule has 2 N–H and O–H groups in total. The van der Waals surface area contributed by atoms with Crippen molar-refractivity contribution in [3.63, 3.8) is 0 Å². The Hall–Kier alpha value is -3.13. The minimum atomic E-state index is -0.314. The Kier molecular flexibility index (Phi) is 5.89. The van der Waals surface area contributed by atoms with Crippen LogP contribution in [0.4, 0.5) is 5.69 Å². The number of nitriles is 1. The molecule has 2 rings (SSSR count). The summed E-state index contributed by atoms with van der Waals surface area (Å²) in [4.78, 5) is 23.3. The van der Waals surface area contributed by atoms with E-state index in [9.17, 15) is 9.59 Å². The van der Waals surface area contributed by atoms with Crippen molar-refractivity contribution in [3.05, 3.63) is 65.7 Å².